The van der Waals surface area contributed by atoms with Gasteiger partial charge in [-0.05, 0) is 70.6 Å². The van der Waals surface area contributed by atoms with Crippen LogP contribution in [-0.2, 0) is 5.75 Å². The number of amides is 1. The Kier molecular flexibility index (Phi) is 6.39. The van der Waals surface area contributed by atoms with E-state index < -0.39 is 0 Å². The number of benzene rings is 3. The second kappa shape index (κ2) is 8.74. The Labute approximate surface area is 170 Å². The number of hydrogen-bond acceptors (Lipinski definition) is 2. The van der Waals surface area contributed by atoms with Crippen molar-refractivity contribution >= 4 is 57.5 Å². The summed E-state index contributed by atoms with van der Waals surface area (Å²) in [7, 11) is 0. The molecule has 25 heavy (non-hydrogen) atoms. The molecular weight excluding hydrogens is 465 g/mol. The number of thioether (sulfide) groups is 1. The van der Waals surface area contributed by atoms with Gasteiger partial charge in [-0.1, -0.05) is 41.9 Å². The first-order chi connectivity index (χ1) is 12.1. The van der Waals surface area contributed by atoms with Gasteiger partial charge in [0, 0.05) is 24.8 Å². The Morgan fingerprint density at radius 2 is 1.76 bits per heavy atom. The van der Waals surface area contributed by atoms with Crippen molar-refractivity contribution in [1.82, 2.24) is 0 Å². The number of para-hydroxylation sites is 1. The van der Waals surface area contributed by atoms with Crippen LogP contribution in [0.2, 0.25) is 5.02 Å². The molecule has 0 heterocycles. The third-order valence-electron chi connectivity index (χ3n) is 3.53. The highest BCUT2D eigenvalue weighted by molar-refractivity contribution is 14.1. The fourth-order valence-corrected chi connectivity index (χ4v) is 3.89. The Morgan fingerprint density at radius 1 is 1.00 bits per heavy atom. The summed E-state index contributed by atoms with van der Waals surface area (Å²) >= 11 is 9.82. The summed E-state index contributed by atoms with van der Waals surface area (Å²) < 4.78 is 1.04. The molecule has 1 N–H and O–H groups in total. The number of carbonyl (C=O) groups is 1. The fourth-order valence-electron chi connectivity index (χ4n) is 2.26. The van der Waals surface area contributed by atoms with Gasteiger partial charge in [-0.15, -0.1) is 11.8 Å². The van der Waals surface area contributed by atoms with Gasteiger partial charge < -0.3 is 5.32 Å². The monoisotopic (exact) mass is 479 g/mol. The summed E-state index contributed by atoms with van der Waals surface area (Å²) in [5.74, 6) is 0.714. The van der Waals surface area contributed by atoms with Crippen LogP contribution in [0.3, 0.4) is 0 Å². The normalized spacial score (nSPS) is 10.5. The van der Waals surface area contributed by atoms with Crippen LogP contribution in [0, 0.1) is 3.57 Å². The van der Waals surface area contributed by atoms with Gasteiger partial charge in [-0.3, -0.25) is 4.79 Å². The summed E-state index contributed by atoms with van der Waals surface area (Å²) in [6.07, 6.45) is 0. The maximum Gasteiger partial charge on any atom is 0.255 e. The molecule has 0 fully saturated rings. The first-order valence-corrected chi connectivity index (χ1v) is 10.1. The minimum absolute atomic E-state index is 0.0990. The number of halogens is 2. The van der Waals surface area contributed by atoms with Crippen LogP contribution in [0.15, 0.2) is 77.7 Å². The van der Waals surface area contributed by atoms with Crippen LogP contribution in [0.25, 0.3) is 0 Å². The molecule has 126 valence electrons. The first kappa shape index (κ1) is 18.3. The van der Waals surface area contributed by atoms with Gasteiger partial charge in [0.05, 0.1) is 5.69 Å². The highest BCUT2D eigenvalue weighted by Gasteiger charge is 2.10. The van der Waals surface area contributed by atoms with E-state index in [1.807, 2.05) is 72.8 Å². The van der Waals surface area contributed by atoms with E-state index in [2.05, 4.69) is 27.9 Å². The molecule has 2 nitrogen and oxygen atoms in total. The number of carbonyl (C=O) groups excluding carboxylic acids is 1. The SMILES string of the molecule is O=C(Nc1ccccc1SCc1ccc(Cl)cc1)c1cccc(I)c1. The molecule has 0 saturated heterocycles. The summed E-state index contributed by atoms with van der Waals surface area (Å²) in [5, 5.41) is 3.75. The van der Waals surface area contributed by atoms with E-state index in [9.17, 15) is 4.79 Å². The summed E-state index contributed by atoms with van der Waals surface area (Å²) in [4.78, 5) is 13.5. The van der Waals surface area contributed by atoms with Gasteiger partial charge in [-0.25, -0.2) is 0 Å². The molecule has 0 radical (unpaired) electrons. The molecular formula is C20H15ClINOS. The van der Waals surface area contributed by atoms with Gasteiger partial charge >= 0.3 is 0 Å². The lowest BCUT2D eigenvalue weighted by Crippen LogP contribution is -2.12. The smallest absolute Gasteiger partial charge is 0.255 e. The summed E-state index contributed by atoms with van der Waals surface area (Å²) in [6, 6.07) is 23.2. The van der Waals surface area contributed by atoms with Crippen molar-refractivity contribution in [3.63, 3.8) is 0 Å². The Morgan fingerprint density at radius 3 is 2.52 bits per heavy atom. The predicted molar refractivity (Wildman–Crippen MR) is 115 cm³/mol. The average molecular weight is 480 g/mol. The molecule has 3 aromatic carbocycles. The van der Waals surface area contributed by atoms with Crippen molar-refractivity contribution < 1.29 is 4.79 Å². The zero-order valence-corrected chi connectivity index (χ0v) is 16.9. The van der Waals surface area contributed by atoms with Crippen molar-refractivity contribution in [3.05, 3.63) is 92.5 Å². The van der Waals surface area contributed by atoms with Crippen molar-refractivity contribution in [2.24, 2.45) is 0 Å². The second-order valence-electron chi connectivity index (χ2n) is 5.38. The lowest BCUT2D eigenvalue weighted by Gasteiger charge is -2.11. The lowest BCUT2D eigenvalue weighted by atomic mass is 10.2. The highest BCUT2D eigenvalue weighted by atomic mass is 127. The second-order valence-corrected chi connectivity index (χ2v) is 8.08. The molecule has 1 amide bonds. The van der Waals surface area contributed by atoms with E-state index in [4.69, 9.17) is 11.6 Å². The molecule has 0 spiro atoms. The standard InChI is InChI=1S/C20H15ClINOS/c21-16-10-8-14(9-11-16)13-25-19-7-2-1-6-18(19)23-20(24)15-4-3-5-17(22)12-15/h1-12H,13H2,(H,23,24). The van der Waals surface area contributed by atoms with Crippen LogP contribution in [-0.4, -0.2) is 5.91 Å². The fraction of sp³-hybridized carbons (Fsp3) is 0.0500. The zero-order valence-electron chi connectivity index (χ0n) is 13.2. The number of anilines is 1. The molecule has 0 aromatic heterocycles. The van der Waals surface area contributed by atoms with Crippen molar-refractivity contribution in [2.45, 2.75) is 10.6 Å². The maximum absolute atomic E-state index is 12.5. The number of rotatable bonds is 5. The molecule has 0 aliphatic heterocycles. The molecule has 0 unspecified atom stereocenters. The third-order valence-corrected chi connectivity index (χ3v) is 5.60. The van der Waals surface area contributed by atoms with Crippen molar-refractivity contribution in [3.8, 4) is 0 Å². The van der Waals surface area contributed by atoms with Crippen LogP contribution in [0.1, 0.15) is 15.9 Å². The van der Waals surface area contributed by atoms with Crippen LogP contribution >= 0.6 is 46.0 Å². The zero-order chi connectivity index (χ0) is 17.6. The minimum atomic E-state index is -0.0990. The Bertz CT molecular complexity index is 883. The minimum Gasteiger partial charge on any atom is -0.321 e. The predicted octanol–water partition coefficient (Wildman–Crippen LogP) is 6.49. The van der Waals surface area contributed by atoms with E-state index in [-0.39, 0.29) is 5.91 Å². The maximum atomic E-state index is 12.5. The molecule has 5 heteroatoms. The quantitative estimate of drug-likeness (QED) is 0.335. The molecule has 3 aromatic rings. The average Bonchev–Trinajstić information content (AvgIpc) is 2.62. The summed E-state index contributed by atoms with van der Waals surface area (Å²) in [5.41, 5.74) is 2.67. The first-order valence-electron chi connectivity index (χ1n) is 7.65. The largest absolute Gasteiger partial charge is 0.321 e. The Balaban J connectivity index is 1.72. The molecule has 3 rings (SSSR count). The van der Waals surface area contributed by atoms with Crippen molar-refractivity contribution in [1.29, 1.82) is 0 Å². The van der Waals surface area contributed by atoms with Gasteiger partial charge in [-0.2, -0.15) is 0 Å². The van der Waals surface area contributed by atoms with E-state index in [1.165, 1.54) is 5.56 Å². The van der Waals surface area contributed by atoms with E-state index >= 15 is 0 Å². The number of nitrogens with one attached hydrogen (secondary N) is 1. The van der Waals surface area contributed by atoms with Gasteiger partial charge in [0.2, 0.25) is 0 Å². The van der Waals surface area contributed by atoms with Gasteiger partial charge in [0.1, 0.15) is 0 Å². The number of hydrogen-bond donors (Lipinski definition) is 1. The van der Waals surface area contributed by atoms with Gasteiger partial charge in [0.25, 0.3) is 5.91 Å². The lowest BCUT2D eigenvalue weighted by molar-refractivity contribution is 0.102. The van der Waals surface area contributed by atoms with Gasteiger partial charge in [0.15, 0.2) is 0 Å². The van der Waals surface area contributed by atoms with E-state index in [1.54, 1.807) is 11.8 Å². The van der Waals surface area contributed by atoms with Crippen LogP contribution in [0.5, 0.6) is 0 Å². The molecule has 0 bridgehead atoms. The third kappa shape index (κ3) is 5.23. The van der Waals surface area contributed by atoms with Crippen LogP contribution < -0.4 is 5.32 Å². The van der Waals surface area contributed by atoms with E-state index in [0.717, 1.165) is 24.9 Å². The summed E-state index contributed by atoms with van der Waals surface area (Å²) in [6.45, 7) is 0. The van der Waals surface area contributed by atoms with Crippen molar-refractivity contribution in [2.75, 3.05) is 5.32 Å². The van der Waals surface area contributed by atoms with Crippen LogP contribution in [0.4, 0.5) is 5.69 Å². The topological polar surface area (TPSA) is 29.1 Å². The molecule has 0 saturated carbocycles. The Hall–Kier alpha value is -1.50. The highest BCUT2D eigenvalue weighted by Crippen LogP contribution is 2.30. The van der Waals surface area contributed by atoms with E-state index in [0.29, 0.717) is 5.56 Å². The molecule has 0 aliphatic carbocycles. The molecule has 0 atom stereocenters. The molecule has 0 aliphatic rings.